The van der Waals surface area contributed by atoms with Gasteiger partial charge in [-0.05, 0) is 36.4 Å². The van der Waals surface area contributed by atoms with E-state index >= 15 is 0 Å². The minimum Gasteiger partial charge on any atom is -0.342 e. The lowest BCUT2D eigenvalue weighted by atomic mass is 10.1. The second kappa shape index (κ2) is 6.91. The molecule has 28 heavy (non-hydrogen) atoms. The molecule has 0 unspecified atom stereocenters. The third-order valence-corrected chi connectivity index (χ3v) is 6.58. The first-order valence-electron chi connectivity index (χ1n) is 9.38. The monoisotopic (exact) mass is 390 g/mol. The standard InChI is InChI=1S/C21H18N4O2S/c26-25(27)17-9-8-16-19(24-21(23-16)13-4-1-2-5-13)20(17)28-18-7-3-6-14-12-22-11-10-15(14)18/h3,6-13H,1-2,4-5H2,(H,23,24). The molecule has 0 radical (unpaired) electrons. The van der Waals surface area contributed by atoms with Gasteiger partial charge in [-0.1, -0.05) is 36.7 Å². The first kappa shape index (κ1) is 17.2. The van der Waals surface area contributed by atoms with Crippen LogP contribution in [0, 0.1) is 10.1 Å². The van der Waals surface area contributed by atoms with Crippen LogP contribution in [0.3, 0.4) is 0 Å². The molecule has 2 aromatic carbocycles. The zero-order valence-corrected chi connectivity index (χ0v) is 15.9. The number of aromatic nitrogens is 3. The lowest BCUT2D eigenvalue weighted by Gasteiger charge is -2.07. The first-order valence-corrected chi connectivity index (χ1v) is 10.2. The van der Waals surface area contributed by atoms with Gasteiger partial charge in [0.15, 0.2) is 0 Å². The summed E-state index contributed by atoms with van der Waals surface area (Å²) in [6.07, 6.45) is 8.23. The van der Waals surface area contributed by atoms with Crippen molar-refractivity contribution in [2.45, 2.75) is 41.4 Å². The number of nitrogens with one attached hydrogen (secondary N) is 1. The van der Waals surface area contributed by atoms with Crippen molar-refractivity contribution in [1.29, 1.82) is 0 Å². The Bertz CT molecular complexity index is 1190. The maximum Gasteiger partial charge on any atom is 0.285 e. The predicted octanol–water partition coefficient (Wildman–Crippen LogP) is 5.83. The quantitative estimate of drug-likeness (QED) is 0.350. The molecule has 1 fully saturated rings. The molecule has 5 rings (SSSR count). The topological polar surface area (TPSA) is 84.7 Å². The normalized spacial score (nSPS) is 14.9. The lowest BCUT2D eigenvalue weighted by Crippen LogP contribution is -1.94. The molecule has 0 atom stereocenters. The molecule has 140 valence electrons. The molecule has 0 spiro atoms. The highest BCUT2D eigenvalue weighted by Crippen LogP contribution is 2.43. The van der Waals surface area contributed by atoms with Gasteiger partial charge >= 0.3 is 0 Å². The molecule has 0 saturated heterocycles. The van der Waals surface area contributed by atoms with Gasteiger partial charge in [-0.2, -0.15) is 0 Å². The van der Waals surface area contributed by atoms with E-state index in [4.69, 9.17) is 4.98 Å². The minimum atomic E-state index is -0.321. The number of nitrogens with zero attached hydrogens (tertiary/aromatic N) is 3. The molecular formula is C21H18N4O2S. The van der Waals surface area contributed by atoms with Crippen molar-refractivity contribution in [3.05, 3.63) is 64.7 Å². The number of nitro groups is 1. The van der Waals surface area contributed by atoms with E-state index in [1.165, 1.54) is 24.6 Å². The molecule has 1 aliphatic carbocycles. The van der Waals surface area contributed by atoms with Gasteiger partial charge in [0.2, 0.25) is 0 Å². The predicted molar refractivity (Wildman–Crippen MR) is 110 cm³/mol. The van der Waals surface area contributed by atoms with E-state index in [0.29, 0.717) is 16.3 Å². The highest BCUT2D eigenvalue weighted by atomic mass is 32.2. The van der Waals surface area contributed by atoms with Gasteiger partial charge in [0.25, 0.3) is 5.69 Å². The molecule has 2 aromatic heterocycles. The van der Waals surface area contributed by atoms with Crippen molar-refractivity contribution in [2.75, 3.05) is 0 Å². The van der Waals surface area contributed by atoms with Crippen LogP contribution in [-0.4, -0.2) is 19.9 Å². The molecular weight excluding hydrogens is 372 g/mol. The smallest absolute Gasteiger partial charge is 0.285 e. The average Bonchev–Trinajstić information content (AvgIpc) is 3.38. The fraction of sp³-hybridized carbons (Fsp3) is 0.238. The number of imidazole rings is 1. The van der Waals surface area contributed by atoms with Crippen LogP contribution in [-0.2, 0) is 0 Å². The van der Waals surface area contributed by atoms with Crippen LogP contribution in [0.2, 0.25) is 0 Å². The molecule has 4 aromatic rings. The Morgan fingerprint density at radius 1 is 1.14 bits per heavy atom. The number of hydrogen-bond acceptors (Lipinski definition) is 5. The van der Waals surface area contributed by atoms with Gasteiger partial charge in [-0.25, -0.2) is 4.98 Å². The van der Waals surface area contributed by atoms with Crippen molar-refractivity contribution >= 4 is 39.3 Å². The van der Waals surface area contributed by atoms with Crippen LogP contribution >= 0.6 is 11.8 Å². The summed E-state index contributed by atoms with van der Waals surface area (Å²) in [6, 6.07) is 11.2. The van der Waals surface area contributed by atoms with Gasteiger partial charge in [0, 0.05) is 34.7 Å². The third-order valence-electron chi connectivity index (χ3n) is 5.40. The summed E-state index contributed by atoms with van der Waals surface area (Å²) in [4.78, 5) is 25.4. The molecule has 0 amide bonds. The Labute approximate surface area is 165 Å². The summed E-state index contributed by atoms with van der Waals surface area (Å²) in [7, 11) is 0. The molecule has 2 heterocycles. The maximum atomic E-state index is 11.7. The number of pyridine rings is 1. The number of fused-ring (bicyclic) bond motifs is 2. The second-order valence-electron chi connectivity index (χ2n) is 7.13. The third kappa shape index (κ3) is 2.92. The van der Waals surface area contributed by atoms with E-state index in [9.17, 15) is 10.1 Å². The van der Waals surface area contributed by atoms with Crippen molar-refractivity contribution < 1.29 is 4.92 Å². The summed E-state index contributed by atoms with van der Waals surface area (Å²) in [6.45, 7) is 0. The number of benzene rings is 2. The fourth-order valence-electron chi connectivity index (χ4n) is 3.99. The summed E-state index contributed by atoms with van der Waals surface area (Å²) in [5, 5.41) is 13.8. The van der Waals surface area contributed by atoms with E-state index in [1.807, 2.05) is 24.3 Å². The van der Waals surface area contributed by atoms with Crippen LogP contribution in [0.25, 0.3) is 21.8 Å². The zero-order chi connectivity index (χ0) is 19.1. The van der Waals surface area contributed by atoms with Gasteiger partial charge in [0.1, 0.15) is 16.2 Å². The maximum absolute atomic E-state index is 11.7. The summed E-state index contributed by atoms with van der Waals surface area (Å²) >= 11 is 1.41. The van der Waals surface area contributed by atoms with Crippen LogP contribution in [0.1, 0.15) is 37.4 Å². The Hall–Kier alpha value is -2.93. The molecule has 6 nitrogen and oxygen atoms in total. The first-order chi connectivity index (χ1) is 13.7. The van der Waals surface area contributed by atoms with E-state index < -0.39 is 0 Å². The van der Waals surface area contributed by atoms with Gasteiger partial charge in [-0.3, -0.25) is 15.1 Å². The van der Waals surface area contributed by atoms with Gasteiger partial charge in [0.05, 0.1) is 10.4 Å². The molecule has 7 heteroatoms. The van der Waals surface area contributed by atoms with Crippen molar-refractivity contribution in [1.82, 2.24) is 15.0 Å². The number of H-pyrrole nitrogens is 1. The minimum absolute atomic E-state index is 0.0908. The van der Waals surface area contributed by atoms with Crippen molar-refractivity contribution in [2.24, 2.45) is 0 Å². The van der Waals surface area contributed by atoms with Gasteiger partial charge in [-0.15, -0.1) is 0 Å². The van der Waals surface area contributed by atoms with Crippen molar-refractivity contribution in [3.63, 3.8) is 0 Å². The number of nitro benzene ring substituents is 1. The second-order valence-corrected chi connectivity index (χ2v) is 8.18. The molecule has 1 aliphatic rings. The van der Waals surface area contributed by atoms with Crippen molar-refractivity contribution in [3.8, 4) is 0 Å². The SMILES string of the molecule is O=[N+]([O-])c1ccc2[nH]c(C3CCCC3)nc2c1Sc1cccc2cnccc12. The van der Waals surface area contributed by atoms with E-state index in [0.717, 1.165) is 39.9 Å². The van der Waals surface area contributed by atoms with E-state index in [2.05, 4.69) is 9.97 Å². The van der Waals surface area contributed by atoms with Gasteiger partial charge < -0.3 is 4.98 Å². The Morgan fingerprint density at radius 2 is 2.00 bits per heavy atom. The van der Waals surface area contributed by atoms with Crippen LogP contribution in [0.15, 0.2) is 58.6 Å². The largest absolute Gasteiger partial charge is 0.342 e. The van der Waals surface area contributed by atoms with Crippen LogP contribution < -0.4 is 0 Å². The zero-order valence-electron chi connectivity index (χ0n) is 15.1. The molecule has 0 bridgehead atoms. The summed E-state index contributed by atoms with van der Waals surface area (Å²) in [5.41, 5.74) is 1.64. The molecule has 0 aliphatic heterocycles. The number of hydrogen-bond donors (Lipinski definition) is 1. The average molecular weight is 390 g/mol. The fourth-order valence-corrected chi connectivity index (χ4v) is 5.15. The molecule has 1 saturated carbocycles. The lowest BCUT2D eigenvalue weighted by molar-refractivity contribution is -0.387. The summed E-state index contributed by atoms with van der Waals surface area (Å²) < 4.78 is 0. The highest BCUT2D eigenvalue weighted by Gasteiger charge is 2.25. The number of aromatic amines is 1. The van der Waals surface area contributed by atoms with E-state index in [1.54, 1.807) is 24.5 Å². The van der Waals surface area contributed by atoms with Crippen LogP contribution in [0.4, 0.5) is 5.69 Å². The molecule has 1 N–H and O–H groups in total. The Balaban J connectivity index is 1.67. The Kier molecular flexibility index (Phi) is 4.24. The summed E-state index contributed by atoms with van der Waals surface area (Å²) in [5.74, 6) is 1.38. The Morgan fingerprint density at radius 3 is 2.82 bits per heavy atom. The highest BCUT2D eigenvalue weighted by molar-refractivity contribution is 8.00. The number of rotatable bonds is 4. The van der Waals surface area contributed by atoms with E-state index in [-0.39, 0.29) is 10.6 Å². The van der Waals surface area contributed by atoms with Crippen LogP contribution in [0.5, 0.6) is 0 Å².